The number of nitrogens with two attached hydrogens (primary N) is 1. The molecule has 0 amide bonds. The van der Waals surface area contributed by atoms with Crippen molar-refractivity contribution in [2.45, 2.75) is 5.41 Å². The van der Waals surface area contributed by atoms with Crippen molar-refractivity contribution >= 4 is 11.0 Å². The van der Waals surface area contributed by atoms with Gasteiger partial charge < -0.3 is 20.4 Å². The van der Waals surface area contributed by atoms with Gasteiger partial charge in [0.25, 0.3) is 0 Å². The summed E-state index contributed by atoms with van der Waals surface area (Å²) in [6.45, 7) is 1.81. The molecule has 2 aromatic heterocycles. The number of hydrogen-bond acceptors (Lipinski definition) is 4. The van der Waals surface area contributed by atoms with E-state index in [-0.39, 0.29) is 5.41 Å². The van der Waals surface area contributed by atoms with E-state index >= 15 is 0 Å². The van der Waals surface area contributed by atoms with E-state index in [1.165, 1.54) is 0 Å². The SMILES string of the molecule is NCC1(c2ncc(-c3ccc4nc[nH]c4c3)[nH]2)COC1. The van der Waals surface area contributed by atoms with E-state index in [1.54, 1.807) is 6.33 Å². The fourth-order valence-electron chi connectivity index (χ4n) is 2.54. The molecule has 0 bridgehead atoms. The lowest BCUT2D eigenvalue weighted by Crippen LogP contribution is -2.52. The third kappa shape index (κ3) is 1.59. The quantitative estimate of drug-likeness (QED) is 0.665. The summed E-state index contributed by atoms with van der Waals surface area (Å²) in [5, 5.41) is 0. The molecule has 0 unspecified atom stereocenters. The number of aromatic amines is 2. The summed E-state index contributed by atoms with van der Waals surface area (Å²) in [4.78, 5) is 15.2. The molecule has 102 valence electrons. The Morgan fingerprint density at radius 3 is 2.95 bits per heavy atom. The highest BCUT2D eigenvalue weighted by molar-refractivity contribution is 5.80. The average molecular weight is 269 g/mol. The first-order valence-corrected chi connectivity index (χ1v) is 6.58. The number of hydrogen-bond donors (Lipinski definition) is 3. The third-order valence-electron chi connectivity index (χ3n) is 3.96. The number of fused-ring (bicyclic) bond motifs is 1. The van der Waals surface area contributed by atoms with Crippen LogP contribution < -0.4 is 5.73 Å². The summed E-state index contributed by atoms with van der Waals surface area (Å²) >= 11 is 0. The van der Waals surface area contributed by atoms with Crippen molar-refractivity contribution in [3.05, 3.63) is 36.5 Å². The maximum atomic E-state index is 5.86. The standard InChI is InChI=1S/C14H15N5O/c15-5-14(6-20-7-14)13-16-4-12(19-13)9-1-2-10-11(3-9)18-8-17-10/h1-4,8H,5-7,15H2,(H,16,19)(H,17,18). The van der Waals surface area contributed by atoms with E-state index < -0.39 is 0 Å². The number of benzene rings is 1. The second-order valence-corrected chi connectivity index (χ2v) is 5.26. The highest BCUT2D eigenvalue weighted by atomic mass is 16.5. The van der Waals surface area contributed by atoms with Crippen molar-refractivity contribution in [2.75, 3.05) is 19.8 Å². The van der Waals surface area contributed by atoms with Crippen LogP contribution >= 0.6 is 0 Å². The molecule has 1 aromatic carbocycles. The van der Waals surface area contributed by atoms with Gasteiger partial charge in [-0.25, -0.2) is 9.97 Å². The summed E-state index contributed by atoms with van der Waals surface area (Å²) < 4.78 is 5.29. The second-order valence-electron chi connectivity index (χ2n) is 5.26. The number of H-pyrrole nitrogens is 2. The van der Waals surface area contributed by atoms with E-state index in [0.29, 0.717) is 19.8 Å². The number of aromatic nitrogens is 4. The Labute approximate surface area is 115 Å². The van der Waals surface area contributed by atoms with Crippen LogP contribution in [0.1, 0.15) is 5.82 Å². The van der Waals surface area contributed by atoms with E-state index in [0.717, 1.165) is 28.1 Å². The van der Waals surface area contributed by atoms with Gasteiger partial charge in [-0.05, 0) is 12.1 Å². The minimum atomic E-state index is -0.143. The zero-order chi connectivity index (χ0) is 13.6. The maximum absolute atomic E-state index is 5.86. The first kappa shape index (κ1) is 11.6. The predicted octanol–water partition coefficient (Wildman–Crippen LogP) is 1.18. The van der Waals surface area contributed by atoms with Crippen LogP contribution in [0.4, 0.5) is 0 Å². The smallest absolute Gasteiger partial charge is 0.118 e. The van der Waals surface area contributed by atoms with Crippen molar-refractivity contribution in [3.63, 3.8) is 0 Å². The summed E-state index contributed by atoms with van der Waals surface area (Å²) in [5.41, 5.74) is 9.74. The molecule has 0 saturated carbocycles. The largest absolute Gasteiger partial charge is 0.379 e. The lowest BCUT2D eigenvalue weighted by molar-refractivity contribution is -0.0589. The predicted molar refractivity (Wildman–Crippen MR) is 75.2 cm³/mol. The zero-order valence-corrected chi connectivity index (χ0v) is 10.9. The summed E-state index contributed by atoms with van der Waals surface area (Å²) in [6.07, 6.45) is 3.55. The number of imidazole rings is 2. The van der Waals surface area contributed by atoms with Crippen LogP contribution in [0.25, 0.3) is 22.3 Å². The lowest BCUT2D eigenvalue weighted by Gasteiger charge is -2.38. The summed E-state index contributed by atoms with van der Waals surface area (Å²) in [6, 6.07) is 6.09. The highest BCUT2D eigenvalue weighted by Crippen LogP contribution is 2.31. The number of rotatable bonds is 3. The Bertz CT molecular complexity index is 750. The molecule has 1 saturated heterocycles. The van der Waals surface area contributed by atoms with Gasteiger partial charge in [-0.2, -0.15) is 0 Å². The van der Waals surface area contributed by atoms with Gasteiger partial charge in [0.1, 0.15) is 5.82 Å². The molecule has 1 aliphatic rings. The van der Waals surface area contributed by atoms with Gasteiger partial charge in [0, 0.05) is 12.1 Å². The van der Waals surface area contributed by atoms with E-state index in [2.05, 4.69) is 26.0 Å². The van der Waals surface area contributed by atoms with Crippen molar-refractivity contribution in [3.8, 4) is 11.3 Å². The molecular formula is C14H15N5O. The normalized spacial score (nSPS) is 17.2. The van der Waals surface area contributed by atoms with Crippen molar-refractivity contribution in [1.29, 1.82) is 0 Å². The van der Waals surface area contributed by atoms with Crippen LogP contribution in [-0.4, -0.2) is 39.7 Å². The van der Waals surface area contributed by atoms with Gasteiger partial charge in [-0.3, -0.25) is 0 Å². The molecule has 1 fully saturated rings. The molecule has 4 N–H and O–H groups in total. The van der Waals surface area contributed by atoms with Crippen LogP contribution in [0.3, 0.4) is 0 Å². The Kier molecular flexibility index (Phi) is 2.42. The molecule has 1 aliphatic heterocycles. The number of nitrogens with one attached hydrogen (secondary N) is 2. The third-order valence-corrected chi connectivity index (χ3v) is 3.96. The van der Waals surface area contributed by atoms with E-state index in [1.807, 2.05) is 18.3 Å². The van der Waals surface area contributed by atoms with Crippen molar-refractivity contribution < 1.29 is 4.74 Å². The molecule has 0 spiro atoms. The van der Waals surface area contributed by atoms with Crippen LogP contribution in [0.2, 0.25) is 0 Å². The van der Waals surface area contributed by atoms with Crippen LogP contribution in [0.15, 0.2) is 30.7 Å². The Morgan fingerprint density at radius 2 is 2.20 bits per heavy atom. The molecular weight excluding hydrogens is 254 g/mol. The molecule has 3 aromatic rings. The van der Waals surface area contributed by atoms with Gasteiger partial charge in [-0.15, -0.1) is 0 Å². The van der Waals surface area contributed by atoms with Gasteiger partial charge >= 0.3 is 0 Å². The average Bonchev–Trinajstić information content (AvgIpc) is 3.06. The minimum Gasteiger partial charge on any atom is -0.379 e. The molecule has 3 heterocycles. The van der Waals surface area contributed by atoms with Crippen LogP contribution in [-0.2, 0) is 10.2 Å². The topological polar surface area (TPSA) is 92.6 Å². The monoisotopic (exact) mass is 269 g/mol. The van der Waals surface area contributed by atoms with Gasteiger partial charge in [0.05, 0.1) is 47.9 Å². The van der Waals surface area contributed by atoms with E-state index in [9.17, 15) is 0 Å². The molecule has 20 heavy (non-hydrogen) atoms. The number of ether oxygens (including phenoxy) is 1. The first-order chi connectivity index (χ1) is 9.81. The minimum absolute atomic E-state index is 0.143. The van der Waals surface area contributed by atoms with Gasteiger partial charge in [0.2, 0.25) is 0 Å². The Balaban J connectivity index is 1.73. The molecule has 0 aliphatic carbocycles. The molecule has 6 nitrogen and oxygen atoms in total. The maximum Gasteiger partial charge on any atom is 0.118 e. The van der Waals surface area contributed by atoms with Crippen molar-refractivity contribution in [1.82, 2.24) is 19.9 Å². The molecule has 0 atom stereocenters. The molecule has 4 rings (SSSR count). The van der Waals surface area contributed by atoms with Crippen LogP contribution in [0.5, 0.6) is 0 Å². The first-order valence-electron chi connectivity index (χ1n) is 6.58. The van der Waals surface area contributed by atoms with Gasteiger partial charge in [0.15, 0.2) is 0 Å². The fourth-order valence-corrected chi connectivity index (χ4v) is 2.54. The Morgan fingerprint density at radius 1 is 1.30 bits per heavy atom. The second kappa shape index (κ2) is 4.16. The molecule has 0 radical (unpaired) electrons. The molecule has 6 heteroatoms. The Hall–Kier alpha value is -2.18. The van der Waals surface area contributed by atoms with Crippen molar-refractivity contribution in [2.24, 2.45) is 5.73 Å². The fraction of sp³-hybridized carbons (Fsp3) is 0.286. The van der Waals surface area contributed by atoms with Crippen LogP contribution in [0, 0.1) is 0 Å². The summed E-state index contributed by atoms with van der Waals surface area (Å²) in [5.74, 6) is 0.908. The summed E-state index contributed by atoms with van der Waals surface area (Å²) in [7, 11) is 0. The highest BCUT2D eigenvalue weighted by Gasteiger charge is 2.41. The van der Waals surface area contributed by atoms with E-state index in [4.69, 9.17) is 10.5 Å². The van der Waals surface area contributed by atoms with Gasteiger partial charge in [-0.1, -0.05) is 6.07 Å². The number of nitrogens with zero attached hydrogens (tertiary/aromatic N) is 2. The zero-order valence-electron chi connectivity index (χ0n) is 10.9. The lowest BCUT2D eigenvalue weighted by atomic mass is 9.85.